The van der Waals surface area contributed by atoms with E-state index in [2.05, 4.69) is 0 Å². The molecule has 4 rings (SSSR count). The molecule has 0 N–H and O–H groups in total. The molecule has 2 aliphatic heterocycles. The van der Waals surface area contributed by atoms with Crippen molar-refractivity contribution in [3.05, 3.63) is 65.2 Å². The molecule has 2 aromatic carbocycles. The number of ether oxygens (including phenoxy) is 2. The van der Waals surface area contributed by atoms with Gasteiger partial charge in [-0.1, -0.05) is 30.3 Å². The molecule has 158 valence electrons. The summed E-state index contributed by atoms with van der Waals surface area (Å²) in [5.74, 6) is -3.10. The number of methoxy groups -OCH3 is 1. The monoisotopic (exact) mass is 415 g/mol. The van der Waals surface area contributed by atoms with Gasteiger partial charge in [-0.25, -0.2) is 9.18 Å². The van der Waals surface area contributed by atoms with Crippen LogP contribution >= 0.6 is 0 Å². The molecule has 2 unspecified atom stereocenters. The van der Waals surface area contributed by atoms with Crippen LogP contribution in [0.5, 0.6) is 5.75 Å². The summed E-state index contributed by atoms with van der Waals surface area (Å²) in [5.41, 5.74) is 1.01. The van der Waals surface area contributed by atoms with Crippen LogP contribution in [0.4, 0.5) is 13.6 Å². The Hall–Kier alpha value is -2.96. The van der Waals surface area contributed by atoms with Gasteiger partial charge in [0.2, 0.25) is 5.82 Å². The van der Waals surface area contributed by atoms with Gasteiger partial charge in [0, 0.05) is 23.6 Å². The minimum absolute atomic E-state index is 0.0897. The van der Waals surface area contributed by atoms with Crippen molar-refractivity contribution < 1.29 is 27.8 Å². The Morgan fingerprint density at radius 1 is 1.07 bits per heavy atom. The van der Waals surface area contributed by atoms with E-state index in [-0.39, 0.29) is 47.8 Å². The molecule has 0 saturated carbocycles. The first-order valence-corrected chi connectivity index (χ1v) is 10.0. The number of nitrogens with zero attached hydrogens (tertiary/aromatic N) is 1. The molecule has 0 aliphatic carbocycles. The fourth-order valence-corrected chi connectivity index (χ4v) is 4.57. The molecule has 1 amide bonds. The minimum Gasteiger partial charge on any atom is -0.494 e. The number of amides is 1. The van der Waals surface area contributed by atoms with Gasteiger partial charge in [-0.3, -0.25) is 4.79 Å². The summed E-state index contributed by atoms with van der Waals surface area (Å²) in [6, 6.07) is 11.4. The van der Waals surface area contributed by atoms with Crippen LogP contribution in [0, 0.1) is 17.6 Å². The normalized spacial score (nSPS) is 22.6. The van der Waals surface area contributed by atoms with Crippen molar-refractivity contribution in [1.82, 2.24) is 4.90 Å². The summed E-state index contributed by atoms with van der Waals surface area (Å²) in [6.07, 6.45) is 2.20. The maximum atomic E-state index is 13.8. The Labute approximate surface area is 173 Å². The zero-order chi connectivity index (χ0) is 21.3. The first-order valence-electron chi connectivity index (χ1n) is 10.0. The lowest BCUT2D eigenvalue weighted by Crippen LogP contribution is -2.48. The van der Waals surface area contributed by atoms with Crippen molar-refractivity contribution >= 4 is 11.9 Å². The van der Waals surface area contributed by atoms with Gasteiger partial charge in [-0.15, -0.1) is 0 Å². The number of benzene rings is 2. The van der Waals surface area contributed by atoms with E-state index >= 15 is 0 Å². The molecule has 2 fully saturated rings. The SMILES string of the molecule is COc1cc(C(=O)C2CC3CCC(C2)N3C(=O)OCc2ccccc2)cc(F)c1F. The highest BCUT2D eigenvalue weighted by Gasteiger charge is 2.46. The molecule has 0 radical (unpaired) electrons. The first-order chi connectivity index (χ1) is 14.5. The smallest absolute Gasteiger partial charge is 0.410 e. The topological polar surface area (TPSA) is 55.8 Å². The highest BCUT2D eigenvalue weighted by atomic mass is 19.2. The molecule has 0 spiro atoms. The lowest BCUT2D eigenvalue weighted by molar-refractivity contribution is 0.0485. The standard InChI is InChI=1S/C23H23F2NO4/c1-29-20-12-16(11-19(24)21(20)25)22(27)15-9-17-7-8-18(10-15)26(17)23(28)30-13-14-5-3-2-4-6-14/h2-6,11-12,15,17-18H,7-10,13H2,1H3. The van der Waals surface area contributed by atoms with Gasteiger partial charge in [-0.05, 0) is 43.4 Å². The lowest BCUT2D eigenvalue weighted by Gasteiger charge is -2.37. The molecule has 2 heterocycles. The van der Waals surface area contributed by atoms with Crippen LogP contribution in [-0.2, 0) is 11.3 Å². The molecular weight excluding hydrogens is 392 g/mol. The number of Topliss-reactive ketones (excluding diaryl/α,β-unsaturated/α-hetero) is 1. The molecule has 2 aromatic rings. The van der Waals surface area contributed by atoms with E-state index in [1.54, 1.807) is 4.90 Å². The summed E-state index contributed by atoms with van der Waals surface area (Å²) < 4.78 is 37.8. The largest absolute Gasteiger partial charge is 0.494 e. The van der Waals surface area contributed by atoms with E-state index in [4.69, 9.17) is 9.47 Å². The Balaban J connectivity index is 1.43. The second-order valence-electron chi connectivity index (χ2n) is 7.84. The highest BCUT2D eigenvalue weighted by Crippen LogP contribution is 2.40. The first kappa shape index (κ1) is 20.3. The second-order valence-corrected chi connectivity index (χ2v) is 7.84. The zero-order valence-corrected chi connectivity index (χ0v) is 16.6. The Kier molecular flexibility index (Phi) is 5.70. The predicted octanol–water partition coefficient (Wildman–Crippen LogP) is 4.74. The van der Waals surface area contributed by atoms with Crippen LogP contribution < -0.4 is 4.74 Å². The third-order valence-electron chi connectivity index (χ3n) is 6.02. The van der Waals surface area contributed by atoms with Crippen molar-refractivity contribution in [2.45, 2.75) is 44.4 Å². The average molecular weight is 415 g/mol. The minimum atomic E-state index is -1.11. The van der Waals surface area contributed by atoms with E-state index in [0.29, 0.717) is 12.8 Å². The van der Waals surface area contributed by atoms with Crippen LogP contribution in [0.25, 0.3) is 0 Å². The quantitative estimate of drug-likeness (QED) is 0.662. The van der Waals surface area contributed by atoms with Gasteiger partial charge < -0.3 is 14.4 Å². The second kappa shape index (κ2) is 8.42. The van der Waals surface area contributed by atoms with E-state index in [1.165, 1.54) is 13.2 Å². The van der Waals surface area contributed by atoms with E-state index in [1.807, 2.05) is 30.3 Å². The van der Waals surface area contributed by atoms with E-state index in [0.717, 1.165) is 24.5 Å². The van der Waals surface area contributed by atoms with Crippen molar-refractivity contribution in [2.75, 3.05) is 7.11 Å². The number of piperidine rings is 1. The summed E-state index contributed by atoms with van der Waals surface area (Å²) in [5, 5.41) is 0. The van der Waals surface area contributed by atoms with Gasteiger partial charge in [0.15, 0.2) is 17.3 Å². The summed E-state index contributed by atoms with van der Waals surface area (Å²) in [6.45, 7) is 0.201. The van der Waals surface area contributed by atoms with E-state index < -0.39 is 11.6 Å². The maximum Gasteiger partial charge on any atom is 0.410 e. The van der Waals surface area contributed by atoms with E-state index in [9.17, 15) is 18.4 Å². The Morgan fingerprint density at radius 2 is 1.73 bits per heavy atom. The van der Waals surface area contributed by atoms with Gasteiger partial charge in [0.05, 0.1) is 7.11 Å². The van der Waals surface area contributed by atoms with Gasteiger partial charge in [-0.2, -0.15) is 4.39 Å². The average Bonchev–Trinajstić information content (AvgIpc) is 3.03. The molecule has 30 heavy (non-hydrogen) atoms. The molecule has 2 atom stereocenters. The number of ketones is 1. The number of rotatable bonds is 5. The number of carbonyl (C=O) groups is 2. The number of hydrogen-bond donors (Lipinski definition) is 0. The highest BCUT2D eigenvalue weighted by molar-refractivity contribution is 5.98. The summed E-state index contributed by atoms with van der Waals surface area (Å²) in [4.78, 5) is 27.4. The van der Waals surface area contributed by atoms with Crippen molar-refractivity contribution in [3.8, 4) is 5.75 Å². The third kappa shape index (κ3) is 3.88. The number of hydrogen-bond acceptors (Lipinski definition) is 4. The van der Waals surface area contributed by atoms with Gasteiger partial charge in [0.1, 0.15) is 6.61 Å². The molecular formula is C23H23F2NO4. The number of carbonyl (C=O) groups excluding carboxylic acids is 2. The summed E-state index contributed by atoms with van der Waals surface area (Å²) in [7, 11) is 1.23. The van der Waals surface area contributed by atoms with Crippen LogP contribution in [0.3, 0.4) is 0 Å². The molecule has 0 aromatic heterocycles. The Bertz CT molecular complexity index is 936. The van der Waals surface area contributed by atoms with Crippen molar-refractivity contribution in [1.29, 1.82) is 0 Å². The van der Waals surface area contributed by atoms with Crippen LogP contribution in [0.1, 0.15) is 41.6 Å². The maximum absolute atomic E-state index is 13.8. The van der Waals surface area contributed by atoms with Crippen LogP contribution in [0.15, 0.2) is 42.5 Å². The zero-order valence-electron chi connectivity index (χ0n) is 16.6. The molecule has 2 bridgehead atoms. The Morgan fingerprint density at radius 3 is 2.37 bits per heavy atom. The molecule has 2 saturated heterocycles. The summed E-state index contributed by atoms with van der Waals surface area (Å²) >= 11 is 0. The number of halogens is 2. The van der Waals surface area contributed by atoms with Crippen molar-refractivity contribution in [3.63, 3.8) is 0 Å². The van der Waals surface area contributed by atoms with Crippen LogP contribution in [0.2, 0.25) is 0 Å². The predicted molar refractivity (Wildman–Crippen MR) is 105 cm³/mol. The molecule has 7 heteroatoms. The molecule has 2 aliphatic rings. The molecule has 5 nitrogen and oxygen atoms in total. The van der Waals surface area contributed by atoms with Gasteiger partial charge >= 0.3 is 6.09 Å². The number of fused-ring (bicyclic) bond motifs is 2. The lowest BCUT2D eigenvalue weighted by atomic mass is 9.85. The van der Waals surface area contributed by atoms with Crippen LogP contribution in [-0.4, -0.2) is 36.0 Å². The van der Waals surface area contributed by atoms with Crippen molar-refractivity contribution in [2.24, 2.45) is 5.92 Å². The third-order valence-corrected chi connectivity index (χ3v) is 6.02. The van der Waals surface area contributed by atoms with Gasteiger partial charge in [0.25, 0.3) is 0 Å². The fourth-order valence-electron chi connectivity index (χ4n) is 4.57. The fraction of sp³-hybridized carbons (Fsp3) is 0.391.